The van der Waals surface area contributed by atoms with Gasteiger partial charge in [0.05, 0.1) is 26.4 Å². The summed E-state index contributed by atoms with van der Waals surface area (Å²) in [5.74, 6) is 0.786. The quantitative estimate of drug-likeness (QED) is 0.0222. The summed E-state index contributed by atoms with van der Waals surface area (Å²) < 4.78 is 68.1. The first-order chi connectivity index (χ1) is 41.2. The third-order valence-electron chi connectivity index (χ3n) is 16.0. The largest absolute Gasteiger partial charge is 0.472 e. The molecular weight excluding hydrogens is 1140 g/mol. The van der Waals surface area contributed by atoms with Crippen LogP contribution < -0.4 is 0 Å². The van der Waals surface area contributed by atoms with Gasteiger partial charge in [-0.15, -0.1) is 0 Å². The predicted molar refractivity (Wildman–Crippen MR) is 344 cm³/mol. The van der Waals surface area contributed by atoms with Gasteiger partial charge >= 0.3 is 39.5 Å². The molecule has 0 aromatic rings. The van der Waals surface area contributed by atoms with Gasteiger partial charge < -0.3 is 33.8 Å². The number of carbonyl (C=O) groups is 4. The maximum absolute atomic E-state index is 13.0. The Kier molecular flexibility index (Phi) is 55.7. The molecule has 19 heteroatoms. The van der Waals surface area contributed by atoms with Crippen molar-refractivity contribution < 1.29 is 80.2 Å². The number of rotatable bonds is 64. The second kappa shape index (κ2) is 57.0. The van der Waals surface area contributed by atoms with Crippen LogP contribution in [0.4, 0.5) is 0 Å². The monoisotopic (exact) mass is 1270 g/mol. The van der Waals surface area contributed by atoms with Gasteiger partial charge in [0.25, 0.3) is 0 Å². The Morgan fingerprint density at radius 3 is 0.826 bits per heavy atom. The van der Waals surface area contributed by atoms with E-state index in [1.807, 2.05) is 0 Å². The second-order valence-electron chi connectivity index (χ2n) is 25.6. The summed E-state index contributed by atoms with van der Waals surface area (Å²) in [4.78, 5) is 72.3. The lowest BCUT2D eigenvalue weighted by atomic mass is 10.00. The van der Waals surface area contributed by atoms with E-state index < -0.39 is 97.5 Å². The Labute approximate surface area is 524 Å². The third-order valence-corrected chi connectivity index (χ3v) is 17.9. The third kappa shape index (κ3) is 58.4. The summed E-state index contributed by atoms with van der Waals surface area (Å²) in [5.41, 5.74) is 0. The van der Waals surface area contributed by atoms with Gasteiger partial charge in [0, 0.05) is 25.7 Å². The Morgan fingerprint density at radius 2 is 0.558 bits per heavy atom. The zero-order chi connectivity index (χ0) is 63.9. The van der Waals surface area contributed by atoms with Crippen molar-refractivity contribution in [3.63, 3.8) is 0 Å². The zero-order valence-electron chi connectivity index (χ0n) is 55.9. The minimum Gasteiger partial charge on any atom is -0.462 e. The van der Waals surface area contributed by atoms with Crippen molar-refractivity contribution in [2.24, 2.45) is 23.7 Å². The summed E-state index contributed by atoms with van der Waals surface area (Å²) >= 11 is 0. The van der Waals surface area contributed by atoms with E-state index in [0.29, 0.717) is 31.6 Å². The predicted octanol–water partition coefficient (Wildman–Crippen LogP) is 18.5. The lowest BCUT2D eigenvalue weighted by Crippen LogP contribution is -2.30. The van der Waals surface area contributed by atoms with E-state index >= 15 is 0 Å². The summed E-state index contributed by atoms with van der Waals surface area (Å²) in [6.07, 6.45) is 37.8. The van der Waals surface area contributed by atoms with Gasteiger partial charge in [0.2, 0.25) is 0 Å². The van der Waals surface area contributed by atoms with Crippen molar-refractivity contribution in [2.45, 2.75) is 343 Å². The number of aliphatic hydroxyl groups excluding tert-OH is 1. The molecule has 0 amide bonds. The van der Waals surface area contributed by atoms with Crippen molar-refractivity contribution in [1.29, 1.82) is 0 Å². The number of aliphatic hydroxyl groups is 1. The van der Waals surface area contributed by atoms with E-state index in [1.165, 1.54) is 116 Å². The molecule has 0 aliphatic rings. The van der Waals surface area contributed by atoms with Crippen molar-refractivity contribution >= 4 is 39.5 Å². The molecular formula is C67H130O17P2. The number of hydrogen-bond donors (Lipinski definition) is 3. The standard InChI is InChI=1S/C67H130O17P2/c1-9-59(7)45-37-29-22-25-32-40-48-65(70)78-54-63(84-67(72)50-42-34-26-23-30-38-46-60(8)10-2)56-82-86(75,76)80-52-61(68)51-79-85(73,74)81-55-62(53-77-64(69)47-39-31-24-21-28-36-44-58(5)6)83-66(71)49-41-33-20-18-16-14-12-11-13-15-17-19-27-35-43-57(3)4/h57-63,68H,9-56H2,1-8H3,(H,73,74)(H,75,76)/t59?,60?,61-,62-,63-/m1/s1. The Hall–Kier alpha value is -1.94. The van der Waals surface area contributed by atoms with Crippen LogP contribution in [-0.2, 0) is 65.4 Å². The molecule has 0 aromatic carbocycles. The fraction of sp³-hybridized carbons (Fsp3) is 0.940. The van der Waals surface area contributed by atoms with Gasteiger partial charge in [0.15, 0.2) is 12.2 Å². The van der Waals surface area contributed by atoms with Crippen molar-refractivity contribution in [3.05, 3.63) is 0 Å². The number of unbranched alkanes of at least 4 members (excludes halogenated alkanes) is 28. The molecule has 510 valence electrons. The molecule has 0 saturated heterocycles. The second-order valence-corrected chi connectivity index (χ2v) is 28.6. The zero-order valence-corrected chi connectivity index (χ0v) is 57.7. The Morgan fingerprint density at radius 1 is 0.326 bits per heavy atom. The average molecular weight is 1270 g/mol. The molecule has 0 bridgehead atoms. The van der Waals surface area contributed by atoms with E-state index in [9.17, 15) is 43.2 Å². The summed E-state index contributed by atoms with van der Waals surface area (Å²) in [6.45, 7) is 14.0. The highest BCUT2D eigenvalue weighted by molar-refractivity contribution is 7.47. The molecule has 0 aliphatic heterocycles. The number of phosphoric acid groups is 2. The van der Waals surface area contributed by atoms with Crippen LogP contribution in [-0.4, -0.2) is 96.7 Å². The van der Waals surface area contributed by atoms with E-state index in [-0.39, 0.29) is 25.7 Å². The summed E-state index contributed by atoms with van der Waals surface area (Å²) in [5, 5.41) is 10.6. The molecule has 0 fully saturated rings. The van der Waals surface area contributed by atoms with Crippen molar-refractivity contribution in [3.8, 4) is 0 Å². The van der Waals surface area contributed by atoms with Crippen LogP contribution in [0.2, 0.25) is 0 Å². The Balaban J connectivity index is 5.22. The van der Waals surface area contributed by atoms with Gasteiger partial charge in [-0.3, -0.25) is 37.3 Å². The molecule has 3 N–H and O–H groups in total. The van der Waals surface area contributed by atoms with Gasteiger partial charge in [-0.1, -0.05) is 274 Å². The SMILES string of the molecule is CCC(C)CCCCCCCCC(=O)OC[C@H](COP(=O)(O)OC[C@H](O)COP(=O)(O)OC[C@@H](COC(=O)CCCCCCCCC(C)C)OC(=O)CCCCCCCCCCCCCCCCC(C)C)OC(=O)CCCCCCCCC(C)CC. The normalized spacial score (nSPS) is 15.0. The molecule has 4 unspecified atom stereocenters. The van der Waals surface area contributed by atoms with Gasteiger partial charge in [-0.2, -0.15) is 0 Å². The summed E-state index contributed by atoms with van der Waals surface area (Å²) in [7, 11) is -9.89. The molecule has 0 rings (SSSR count). The van der Waals surface area contributed by atoms with Crippen molar-refractivity contribution in [2.75, 3.05) is 39.6 Å². The number of carbonyl (C=O) groups excluding carboxylic acids is 4. The molecule has 0 heterocycles. The minimum absolute atomic E-state index is 0.101. The Bertz CT molecular complexity index is 1720. The fourth-order valence-corrected chi connectivity index (χ4v) is 11.5. The van der Waals surface area contributed by atoms with E-state index in [0.717, 1.165) is 120 Å². The molecule has 0 aliphatic carbocycles. The highest BCUT2D eigenvalue weighted by Gasteiger charge is 2.30. The first-order valence-corrected chi connectivity index (χ1v) is 37.8. The maximum Gasteiger partial charge on any atom is 0.472 e. The van der Waals surface area contributed by atoms with Gasteiger partial charge in [-0.05, 0) is 49.4 Å². The molecule has 7 atom stereocenters. The van der Waals surface area contributed by atoms with Crippen LogP contribution in [0.3, 0.4) is 0 Å². The van der Waals surface area contributed by atoms with Gasteiger partial charge in [-0.25, -0.2) is 9.13 Å². The van der Waals surface area contributed by atoms with Crippen LogP contribution in [0.1, 0.15) is 325 Å². The highest BCUT2D eigenvalue weighted by atomic mass is 31.2. The molecule has 0 aromatic heterocycles. The molecule has 0 saturated carbocycles. The smallest absolute Gasteiger partial charge is 0.462 e. The number of hydrogen-bond acceptors (Lipinski definition) is 15. The molecule has 0 radical (unpaired) electrons. The van der Waals surface area contributed by atoms with Crippen LogP contribution in [0, 0.1) is 23.7 Å². The van der Waals surface area contributed by atoms with E-state index in [2.05, 4.69) is 55.4 Å². The number of esters is 4. The van der Waals surface area contributed by atoms with E-state index in [1.54, 1.807) is 0 Å². The van der Waals surface area contributed by atoms with Crippen LogP contribution in [0.5, 0.6) is 0 Å². The average Bonchev–Trinajstić information content (AvgIpc) is 3.63. The van der Waals surface area contributed by atoms with Crippen LogP contribution >= 0.6 is 15.6 Å². The highest BCUT2D eigenvalue weighted by Crippen LogP contribution is 2.45. The number of phosphoric ester groups is 2. The molecule has 0 spiro atoms. The minimum atomic E-state index is -4.95. The van der Waals surface area contributed by atoms with E-state index in [4.69, 9.17) is 37.0 Å². The van der Waals surface area contributed by atoms with Gasteiger partial charge in [0.1, 0.15) is 19.3 Å². The summed E-state index contributed by atoms with van der Waals surface area (Å²) in [6, 6.07) is 0. The maximum atomic E-state index is 13.0. The lowest BCUT2D eigenvalue weighted by Gasteiger charge is -2.21. The van der Waals surface area contributed by atoms with Crippen LogP contribution in [0.25, 0.3) is 0 Å². The topological polar surface area (TPSA) is 237 Å². The first kappa shape index (κ1) is 84.1. The molecule has 17 nitrogen and oxygen atoms in total. The lowest BCUT2D eigenvalue weighted by molar-refractivity contribution is -0.161. The first-order valence-electron chi connectivity index (χ1n) is 34.8. The fourth-order valence-electron chi connectivity index (χ4n) is 9.89. The van der Waals surface area contributed by atoms with Crippen LogP contribution in [0.15, 0.2) is 0 Å². The van der Waals surface area contributed by atoms with Crippen molar-refractivity contribution in [1.82, 2.24) is 0 Å². The number of ether oxygens (including phenoxy) is 4. The molecule has 86 heavy (non-hydrogen) atoms.